The molecule has 0 saturated carbocycles. The van der Waals surface area contributed by atoms with Crippen molar-refractivity contribution in [3.63, 3.8) is 0 Å². The Bertz CT molecular complexity index is 2130. The lowest BCUT2D eigenvalue weighted by Crippen LogP contribution is -2.45. The summed E-state index contributed by atoms with van der Waals surface area (Å²) in [4.78, 5) is 83.8. The summed E-state index contributed by atoms with van der Waals surface area (Å²) >= 11 is 0. The van der Waals surface area contributed by atoms with E-state index in [-0.39, 0.29) is 90.9 Å². The number of ether oxygens (including phenoxy) is 6. The summed E-state index contributed by atoms with van der Waals surface area (Å²) in [6.45, 7) is 3.43. The number of rotatable bonds is 13. The number of fused-ring (bicyclic) bond motifs is 7. The summed E-state index contributed by atoms with van der Waals surface area (Å²) in [6, 6.07) is 1.55. The van der Waals surface area contributed by atoms with Crippen LogP contribution >= 0.6 is 0 Å². The smallest absolute Gasteiger partial charge is 0.347 e. The summed E-state index contributed by atoms with van der Waals surface area (Å²) in [7, 11) is 1.41. The monoisotopic (exact) mass is 753 g/mol. The van der Waals surface area contributed by atoms with E-state index in [4.69, 9.17) is 38.6 Å². The molecule has 2 fully saturated rings. The van der Waals surface area contributed by atoms with Crippen LogP contribution in [0.25, 0.3) is 11.0 Å². The van der Waals surface area contributed by atoms with Crippen molar-refractivity contribution in [1.29, 1.82) is 0 Å². The van der Waals surface area contributed by atoms with Crippen molar-refractivity contribution in [2.45, 2.75) is 102 Å². The van der Waals surface area contributed by atoms with Gasteiger partial charge in [0.2, 0.25) is 18.6 Å². The number of hydrogen-bond donors (Lipinski definition) is 4. The van der Waals surface area contributed by atoms with Gasteiger partial charge in [0.1, 0.15) is 53.8 Å². The predicted octanol–water partition coefficient (Wildman–Crippen LogP) is 1.36. The van der Waals surface area contributed by atoms with Crippen LogP contribution in [0.4, 0.5) is 17.5 Å². The molecule has 19 nitrogen and oxygen atoms in total. The molecule has 1 amide bonds. The molecule has 0 unspecified atom stereocenters. The highest BCUT2D eigenvalue weighted by Crippen LogP contribution is 2.53. The van der Waals surface area contributed by atoms with Crippen LogP contribution in [0.2, 0.25) is 0 Å². The van der Waals surface area contributed by atoms with Crippen molar-refractivity contribution in [3.8, 4) is 11.5 Å². The molecule has 5 heterocycles. The zero-order valence-electron chi connectivity index (χ0n) is 29.6. The highest BCUT2D eigenvalue weighted by Gasteiger charge is 2.55. The highest BCUT2D eigenvalue weighted by atomic mass is 16.7. The molecule has 2 saturated heterocycles. The third-order valence-corrected chi connectivity index (χ3v) is 9.81. The highest BCUT2D eigenvalue weighted by molar-refractivity contribution is 6.06. The van der Waals surface area contributed by atoms with Gasteiger partial charge >= 0.3 is 17.6 Å². The van der Waals surface area contributed by atoms with Crippen LogP contribution in [0.15, 0.2) is 20.1 Å². The number of methoxy groups -OCH3 is 1. The second-order valence-corrected chi connectivity index (χ2v) is 13.3. The molecule has 1 aromatic carbocycles. The maximum atomic E-state index is 13.5. The Morgan fingerprint density at radius 1 is 1.15 bits per heavy atom. The van der Waals surface area contributed by atoms with E-state index in [1.165, 1.54) is 7.11 Å². The topological polar surface area (TPSA) is 261 Å². The molecule has 4 aliphatic rings. The van der Waals surface area contributed by atoms with E-state index in [0.29, 0.717) is 23.8 Å². The van der Waals surface area contributed by atoms with Crippen molar-refractivity contribution in [3.05, 3.63) is 43.5 Å². The normalized spacial score (nSPS) is 25.1. The van der Waals surface area contributed by atoms with Crippen molar-refractivity contribution in [1.82, 2.24) is 9.97 Å². The van der Waals surface area contributed by atoms with Gasteiger partial charge in [-0.25, -0.2) is 4.79 Å². The zero-order chi connectivity index (χ0) is 38.4. The Hall–Kier alpha value is -5.53. The number of carbonyl (C=O) groups excluding carboxylic acids is 4. The van der Waals surface area contributed by atoms with Crippen LogP contribution in [0.3, 0.4) is 0 Å². The third kappa shape index (κ3) is 6.41. The Morgan fingerprint density at radius 2 is 1.91 bits per heavy atom. The van der Waals surface area contributed by atoms with Crippen LogP contribution in [0.1, 0.15) is 79.8 Å². The number of aliphatic hydroxyl groups excluding tert-OH is 1. The molecule has 54 heavy (non-hydrogen) atoms. The van der Waals surface area contributed by atoms with E-state index < -0.39 is 71.8 Å². The number of esters is 2. The summed E-state index contributed by atoms with van der Waals surface area (Å²) < 4.78 is 40.4. The Labute approximate surface area is 306 Å². The minimum absolute atomic E-state index is 0.0353. The molecule has 5 N–H and O–H groups in total. The molecule has 2 aromatic heterocycles. The second-order valence-electron chi connectivity index (χ2n) is 13.3. The largest absolute Gasteiger partial charge is 0.496 e. The summed E-state index contributed by atoms with van der Waals surface area (Å²) in [6.07, 6.45) is -4.90. The van der Waals surface area contributed by atoms with E-state index in [1.807, 2.05) is 13.8 Å². The number of benzene rings is 1. The fraction of sp³-hybridized carbons (Fsp3) is 0.514. The number of amides is 1. The fourth-order valence-electron chi connectivity index (χ4n) is 7.47. The van der Waals surface area contributed by atoms with Gasteiger partial charge in [0, 0.05) is 31.7 Å². The standard InChI is InChI=1S/C35H39N5O14/c1-4-6-21(43)49-12-19-16(51-22(44)7-5-2)11-20(50-19)37-30-27(31(46)39-35(36)38-30)40(13-41)32-28(45)26-25-18(52-34(26)54-32)10-17(48-3)24-14-8-9-15(42)23(14)33(47)53-29(24)25/h10,13,16,19-20,26,28,32,34,45H,4-9,11-12H2,1-3H3,(H4,36,37,38,39,46)/t16-,19+,20+,26+,28+,32+,34-/m0/s1. The van der Waals surface area contributed by atoms with E-state index in [9.17, 15) is 33.9 Å². The molecule has 3 aromatic rings. The van der Waals surface area contributed by atoms with Crippen LogP contribution < -0.4 is 36.6 Å². The number of nitrogens with one attached hydrogen (secondary N) is 2. The number of aryl methyl sites for hydroxylation is 1. The van der Waals surface area contributed by atoms with Gasteiger partial charge in [-0.1, -0.05) is 13.8 Å². The van der Waals surface area contributed by atoms with Gasteiger partial charge in [0.25, 0.3) is 5.56 Å². The minimum Gasteiger partial charge on any atom is -0.496 e. The maximum Gasteiger partial charge on any atom is 0.347 e. The molecule has 0 spiro atoms. The van der Waals surface area contributed by atoms with E-state index >= 15 is 0 Å². The number of Topliss-reactive ketones (excluding diaryl/α,β-unsaturated/α-hetero) is 1. The van der Waals surface area contributed by atoms with Crippen molar-refractivity contribution >= 4 is 52.6 Å². The number of anilines is 3. The first kappa shape index (κ1) is 36.8. The van der Waals surface area contributed by atoms with Crippen LogP contribution in [-0.4, -0.2) is 90.0 Å². The zero-order valence-corrected chi connectivity index (χ0v) is 29.6. The Balaban J connectivity index is 1.19. The summed E-state index contributed by atoms with van der Waals surface area (Å²) in [5.74, 6) is -2.42. The number of aromatic amines is 1. The number of carbonyl (C=O) groups is 4. The van der Waals surface area contributed by atoms with Gasteiger partial charge in [0.05, 0.1) is 24.0 Å². The molecular weight excluding hydrogens is 714 g/mol. The number of nitrogens with zero attached hydrogens (tertiary/aromatic N) is 2. The van der Waals surface area contributed by atoms with Gasteiger partial charge in [0.15, 0.2) is 23.5 Å². The number of hydrogen-bond acceptors (Lipinski definition) is 17. The molecule has 0 radical (unpaired) electrons. The minimum atomic E-state index is -1.57. The van der Waals surface area contributed by atoms with Gasteiger partial charge in [-0.2, -0.15) is 4.98 Å². The van der Waals surface area contributed by atoms with Crippen LogP contribution in [-0.2, 0) is 39.8 Å². The number of aromatic nitrogens is 2. The number of H-pyrrole nitrogens is 1. The molecule has 3 aliphatic heterocycles. The first-order valence-corrected chi connectivity index (χ1v) is 17.6. The molecule has 288 valence electrons. The SMILES string of the molecule is CCCC(=O)OC[C@H]1O[C@@H](Nc2nc(N)[nH]c(=O)c2N(C=O)[C@@H]2O[C@@H]3Oc4cc(OC)c5c6c(c(=O)oc5c4[C@@H]3[C@H]2O)C(=O)CC6)C[C@@H]1OC(=O)CCC. The first-order chi connectivity index (χ1) is 26.0. The molecule has 7 rings (SSSR count). The van der Waals surface area contributed by atoms with Crippen molar-refractivity contribution < 1.29 is 57.1 Å². The number of aliphatic hydroxyl groups is 1. The lowest BCUT2D eigenvalue weighted by Gasteiger charge is -2.29. The summed E-state index contributed by atoms with van der Waals surface area (Å²) in [5.41, 5.74) is 4.46. The average Bonchev–Trinajstić information content (AvgIpc) is 3.88. The van der Waals surface area contributed by atoms with E-state index in [2.05, 4.69) is 15.3 Å². The third-order valence-electron chi connectivity index (χ3n) is 9.81. The summed E-state index contributed by atoms with van der Waals surface area (Å²) in [5, 5.41) is 15.1. The molecular formula is C35H39N5O14. The first-order valence-electron chi connectivity index (χ1n) is 17.6. The van der Waals surface area contributed by atoms with Gasteiger partial charge in [-0.05, 0) is 24.8 Å². The van der Waals surface area contributed by atoms with Gasteiger partial charge in [-0.15, -0.1) is 0 Å². The lowest BCUT2D eigenvalue weighted by atomic mass is 9.91. The van der Waals surface area contributed by atoms with E-state index in [0.717, 1.165) is 4.90 Å². The molecule has 1 aliphatic carbocycles. The number of ketones is 1. The molecule has 0 bridgehead atoms. The average molecular weight is 754 g/mol. The second kappa shape index (κ2) is 14.7. The maximum absolute atomic E-state index is 13.5. The quantitative estimate of drug-likeness (QED) is 0.109. The Morgan fingerprint density at radius 3 is 2.63 bits per heavy atom. The van der Waals surface area contributed by atoms with Crippen molar-refractivity contribution in [2.24, 2.45) is 0 Å². The van der Waals surface area contributed by atoms with Crippen molar-refractivity contribution in [2.75, 3.05) is 29.7 Å². The lowest BCUT2D eigenvalue weighted by molar-refractivity contribution is -0.157. The number of nitrogen functional groups attached to an aromatic ring is 1. The fourth-order valence-corrected chi connectivity index (χ4v) is 7.47. The van der Waals surface area contributed by atoms with Gasteiger partial charge < -0.3 is 49.0 Å². The predicted molar refractivity (Wildman–Crippen MR) is 185 cm³/mol. The van der Waals surface area contributed by atoms with Gasteiger partial charge in [-0.3, -0.25) is 33.9 Å². The Kier molecular flexibility index (Phi) is 10.0. The molecule has 19 heteroatoms. The van der Waals surface area contributed by atoms with Crippen LogP contribution in [0, 0.1) is 0 Å². The number of nitrogens with two attached hydrogens (primary N) is 1. The van der Waals surface area contributed by atoms with Crippen LogP contribution in [0.5, 0.6) is 11.5 Å². The van der Waals surface area contributed by atoms with E-state index in [1.54, 1.807) is 6.07 Å². The molecule has 7 atom stereocenters.